The van der Waals surface area contributed by atoms with Gasteiger partial charge in [0.15, 0.2) is 0 Å². The van der Waals surface area contributed by atoms with Crippen LogP contribution in [0.5, 0.6) is 0 Å². The lowest BCUT2D eigenvalue weighted by Crippen LogP contribution is -2.14. The average Bonchev–Trinajstić information content (AvgIpc) is 3.10. The van der Waals surface area contributed by atoms with Crippen molar-refractivity contribution < 1.29 is 8.83 Å². The van der Waals surface area contributed by atoms with Crippen LogP contribution in [-0.4, -0.2) is 25.5 Å². The van der Waals surface area contributed by atoms with Crippen molar-refractivity contribution in [2.45, 2.75) is 13.0 Å². The Balaban J connectivity index is 1.88. The van der Waals surface area contributed by atoms with Crippen LogP contribution >= 0.6 is 0 Å². The minimum atomic E-state index is 0.419. The molecule has 0 aliphatic heterocycles. The number of nitrogens with two attached hydrogens (primary N) is 1. The second kappa shape index (κ2) is 5.76. The van der Waals surface area contributed by atoms with Gasteiger partial charge >= 0.3 is 0 Å². The molecule has 1 aromatic carbocycles. The van der Waals surface area contributed by atoms with E-state index < -0.39 is 0 Å². The third kappa shape index (κ3) is 3.01. The molecule has 0 saturated carbocycles. The maximum Gasteiger partial charge on any atom is 0.134 e. The van der Waals surface area contributed by atoms with Crippen LogP contribution < -0.4 is 5.73 Å². The number of rotatable bonds is 5. The van der Waals surface area contributed by atoms with E-state index in [4.69, 9.17) is 14.6 Å². The fourth-order valence-electron chi connectivity index (χ4n) is 2.35. The molecule has 2 aromatic heterocycles. The summed E-state index contributed by atoms with van der Waals surface area (Å²) in [6.45, 7) is 1.40. The van der Waals surface area contributed by atoms with Gasteiger partial charge in [-0.1, -0.05) is 0 Å². The van der Waals surface area contributed by atoms with Crippen LogP contribution in [0.3, 0.4) is 0 Å². The largest absolute Gasteiger partial charge is 0.461 e. The van der Waals surface area contributed by atoms with Gasteiger partial charge < -0.3 is 19.5 Å². The van der Waals surface area contributed by atoms with Crippen LogP contribution in [0.25, 0.3) is 22.3 Å². The molecule has 4 nitrogen and oxygen atoms in total. The summed E-state index contributed by atoms with van der Waals surface area (Å²) in [4.78, 5) is 2.15. The predicted octanol–water partition coefficient (Wildman–Crippen LogP) is 3.26. The van der Waals surface area contributed by atoms with Crippen LogP contribution in [0.15, 0.2) is 45.2 Å². The standard InChI is InChI=1S/C17H20N2O2/c1-19(2)8-7-14-10-13-9-12(3-5-17(13)20-14)16-6-4-15(11-18)21-16/h3-6,9-10H,7-8,11,18H2,1-2H3. The van der Waals surface area contributed by atoms with Gasteiger partial charge in [-0.25, -0.2) is 0 Å². The molecule has 110 valence electrons. The zero-order valence-corrected chi connectivity index (χ0v) is 12.4. The summed E-state index contributed by atoms with van der Waals surface area (Å²) in [6.07, 6.45) is 0.912. The highest BCUT2D eigenvalue weighted by molar-refractivity contribution is 5.83. The first-order valence-corrected chi connectivity index (χ1v) is 7.12. The molecule has 0 aliphatic carbocycles. The molecule has 0 radical (unpaired) electrons. The van der Waals surface area contributed by atoms with E-state index in [2.05, 4.69) is 31.1 Å². The quantitative estimate of drug-likeness (QED) is 0.781. The van der Waals surface area contributed by atoms with Crippen molar-refractivity contribution in [3.63, 3.8) is 0 Å². The van der Waals surface area contributed by atoms with Crippen molar-refractivity contribution in [3.8, 4) is 11.3 Å². The van der Waals surface area contributed by atoms with Gasteiger partial charge in [0.1, 0.15) is 22.9 Å². The van der Waals surface area contributed by atoms with Gasteiger partial charge in [-0.15, -0.1) is 0 Å². The van der Waals surface area contributed by atoms with Crippen LogP contribution in [-0.2, 0) is 13.0 Å². The Kier molecular flexibility index (Phi) is 3.82. The predicted molar refractivity (Wildman–Crippen MR) is 84.1 cm³/mol. The van der Waals surface area contributed by atoms with Gasteiger partial charge in [-0.05, 0) is 50.5 Å². The van der Waals surface area contributed by atoms with E-state index in [1.807, 2.05) is 24.3 Å². The molecule has 0 amide bonds. The normalized spacial score (nSPS) is 11.6. The van der Waals surface area contributed by atoms with E-state index in [-0.39, 0.29) is 0 Å². The zero-order chi connectivity index (χ0) is 14.8. The third-order valence-electron chi connectivity index (χ3n) is 3.52. The van der Waals surface area contributed by atoms with Crippen molar-refractivity contribution in [1.29, 1.82) is 0 Å². The number of hydrogen-bond acceptors (Lipinski definition) is 4. The number of fused-ring (bicyclic) bond motifs is 1. The van der Waals surface area contributed by atoms with Crippen LogP contribution in [0.1, 0.15) is 11.5 Å². The number of likely N-dealkylation sites (N-methyl/N-ethyl adjacent to an activating group) is 1. The Morgan fingerprint density at radius 1 is 1.00 bits per heavy atom. The minimum Gasteiger partial charge on any atom is -0.461 e. The molecule has 21 heavy (non-hydrogen) atoms. The molecule has 0 unspecified atom stereocenters. The van der Waals surface area contributed by atoms with Gasteiger partial charge in [-0.3, -0.25) is 0 Å². The summed E-state index contributed by atoms with van der Waals surface area (Å²) in [5.74, 6) is 2.65. The van der Waals surface area contributed by atoms with E-state index >= 15 is 0 Å². The number of furan rings is 2. The Morgan fingerprint density at radius 3 is 2.57 bits per heavy atom. The Bertz CT molecular complexity index is 740. The molecule has 0 aliphatic rings. The maximum absolute atomic E-state index is 5.86. The molecule has 0 saturated heterocycles. The van der Waals surface area contributed by atoms with Gasteiger partial charge in [0.25, 0.3) is 0 Å². The topological polar surface area (TPSA) is 55.5 Å². The van der Waals surface area contributed by atoms with E-state index in [0.717, 1.165) is 46.8 Å². The Labute approximate surface area is 124 Å². The van der Waals surface area contributed by atoms with E-state index in [1.165, 1.54) is 0 Å². The van der Waals surface area contributed by atoms with Gasteiger partial charge in [0, 0.05) is 23.9 Å². The fourth-order valence-corrected chi connectivity index (χ4v) is 2.35. The number of benzene rings is 1. The van der Waals surface area contributed by atoms with Crippen molar-refractivity contribution >= 4 is 11.0 Å². The second-order valence-corrected chi connectivity index (χ2v) is 5.49. The highest BCUT2D eigenvalue weighted by Gasteiger charge is 2.08. The summed E-state index contributed by atoms with van der Waals surface area (Å²) in [5, 5.41) is 1.10. The summed E-state index contributed by atoms with van der Waals surface area (Å²) in [6, 6.07) is 12.1. The molecular formula is C17H20N2O2. The highest BCUT2D eigenvalue weighted by atomic mass is 16.3. The second-order valence-electron chi connectivity index (χ2n) is 5.49. The number of hydrogen-bond donors (Lipinski definition) is 1. The number of nitrogens with zero attached hydrogens (tertiary/aromatic N) is 1. The molecule has 2 heterocycles. The first-order chi connectivity index (χ1) is 10.2. The first-order valence-electron chi connectivity index (χ1n) is 7.12. The molecule has 3 aromatic rings. The summed E-state index contributed by atoms with van der Waals surface area (Å²) >= 11 is 0. The van der Waals surface area contributed by atoms with Gasteiger partial charge in [-0.2, -0.15) is 0 Å². The van der Waals surface area contributed by atoms with E-state index in [9.17, 15) is 0 Å². The van der Waals surface area contributed by atoms with Crippen molar-refractivity contribution in [2.75, 3.05) is 20.6 Å². The summed E-state index contributed by atoms with van der Waals surface area (Å²) in [5.41, 5.74) is 7.54. The SMILES string of the molecule is CN(C)CCc1cc2cc(-c3ccc(CN)o3)ccc2o1. The van der Waals surface area contributed by atoms with Crippen LogP contribution in [0.2, 0.25) is 0 Å². The van der Waals surface area contributed by atoms with Gasteiger partial charge in [0.05, 0.1) is 6.54 Å². The fraction of sp³-hybridized carbons (Fsp3) is 0.294. The van der Waals surface area contributed by atoms with Crippen molar-refractivity contribution in [1.82, 2.24) is 4.90 Å². The molecule has 3 rings (SSSR count). The third-order valence-corrected chi connectivity index (χ3v) is 3.52. The van der Waals surface area contributed by atoms with Crippen molar-refractivity contribution in [3.05, 3.63) is 47.9 Å². The Morgan fingerprint density at radius 2 is 1.86 bits per heavy atom. The molecule has 0 bridgehead atoms. The monoisotopic (exact) mass is 284 g/mol. The summed E-state index contributed by atoms with van der Waals surface area (Å²) in [7, 11) is 4.12. The maximum atomic E-state index is 5.86. The molecule has 0 atom stereocenters. The smallest absolute Gasteiger partial charge is 0.134 e. The minimum absolute atomic E-state index is 0.419. The molecular weight excluding hydrogens is 264 g/mol. The van der Waals surface area contributed by atoms with Crippen LogP contribution in [0.4, 0.5) is 0 Å². The van der Waals surface area contributed by atoms with Crippen LogP contribution in [0, 0.1) is 0 Å². The zero-order valence-electron chi connectivity index (χ0n) is 12.4. The highest BCUT2D eigenvalue weighted by Crippen LogP contribution is 2.28. The van der Waals surface area contributed by atoms with Crippen molar-refractivity contribution in [2.24, 2.45) is 5.73 Å². The average molecular weight is 284 g/mol. The lowest BCUT2D eigenvalue weighted by molar-refractivity contribution is 0.395. The molecule has 4 heteroatoms. The molecule has 0 fully saturated rings. The Hall–Kier alpha value is -2.04. The summed E-state index contributed by atoms with van der Waals surface area (Å²) < 4.78 is 11.5. The van der Waals surface area contributed by atoms with E-state index in [0.29, 0.717) is 6.54 Å². The lowest BCUT2D eigenvalue weighted by Gasteiger charge is -2.06. The molecule has 2 N–H and O–H groups in total. The lowest BCUT2D eigenvalue weighted by atomic mass is 10.1. The molecule has 0 spiro atoms. The van der Waals surface area contributed by atoms with E-state index in [1.54, 1.807) is 0 Å². The first kappa shape index (κ1) is 13.9. The van der Waals surface area contributed by atoms with Gasteiger partial charge in [0.2, 0.25) is 0 Å².